The van der Waals surface area contributed by atoms with Crippen LogP contribution in [0.15, 0.2) is 75.9 Å². The Bertz CT molecular complexity index is 1630. The summed E-state index contributed by atoms with van der Waals surface area (Å²) in [4.78, 5) is 41.6. The number of fused-ring (bicyclic) bond motifs is 2. The van der Waals surface area contributed by atoms with Crippen molar-refractivity contribution in [2.24, 2.45) is 0 Å². The summed E-state index contributed by atoms with van der Waals surface area (Å²) in [5.74, 6) is -1.03. The molecule has 0 spiro atoms. The van der Waals surface area contributed by atoms with Crippen LogP contribution in [0, 0.1) is 5.82 Å². The van der Waals surface area contributed by atoms with Crippen LogP contribution in [0.3, 0.4) is 0 Å². The smallest absolute Gasteiger partial charge is 0.338 e. The number of unbranched alkanes of at least 4 members (excludes halogenated alkanes) is 3. The van der Waals surface area contributed by atoms with Crippen LogP contribution in [0.1, 0.15) is 84.0 Å². The number of benzene rings is 3. The van der Waals surface area contributed by atoms with Gasteiger partial charge in [-0.15, -0.1) is 0 Å². The van der Waals surface area contributed by atoms with Crippen molar-refractivity contribution in [2.75, 3.05) is 18.1 Å². The average molecular weight is 558 g/mol. The Hall–Kier alpha value is -4.46. The highest BCUT2D eigenvalue weighted by atomic mass is 19.1. The molecule has 0 saturated heterocycles. The molecule has 1 amide bonds. The molecule has 0 saturated carbocycles. The Labute approximate surface area is 237 Å². The molecule has 1 aliphatic heterocycles. The lowest BCUT2D eigenvalue weighted by atomic mass is 9.98. The highest BCUT2D eigenvalue weighted by molar-refractivity contribution is 6.10. The topological polar surface area (TPSA) is 86.0 Å². The van der Waals surface area contributed by atoms with Crippen LogP contribution < -0.4 is 15.1 Å². The number of hydrogen-bond acceptors (Lipinski definition) is 6. The van der Waals surface area contributed by atoms with Gasteiger partial charge in [-0.2, -0.15) is 0 Å². The van der Waals surface area contributed by atoms with Gasteiger partial charge in [-0.1, -0.05) is 45.2 Å². The van der Waals surface area contributed by atoms with E-state index in [-0.39, 0.29) is 22.3 Å². The fourth-order valence-corrected chi connectivity index (χ4v) is 4.99. The van der Waals surface area contributed by atoms with Gasteiger partial charge in [0, 0.05) is 5.69 Å². The van der Waals surface area contributed by atoms with E-state index in [0.717, 1.165) is 38.2 Å². The number of anilines is 1. The van der Waals surface area contributed by atoms with Gasteiger partial charge in [0.05, 0.1) is 35.8 Å². The van der Waals surface area contributed by atoms with Crippen molar-refractivity contribution >= 4 is 28.5 Å². The van der Waals surface area contributed by atoms with Crippen LogP contribution >= 0.6 is 0 Å². The fraction of sp³-hybridized carbons (Fsp3) is 0.303. The normalized spacial score (nSPS) is 14.4. The zero-order chi connectivity index (χ0) is 28.9. The van der Waals surface area contributed by atoms with Crippen molar-refractivity contribution in [3.63, 3.8) is 0 Å². The Morgan fingerprint density at radius 1 is 0.927 bits per heavy atom. The molecule has 8 heteroatoms. The molecule has 1 unspecified atom stereocenters. The number of amides is 1. The van der Waals surface area contributed by atoms with Crippen LogP contribution in [0.25, 0.3) is 11.0 Å². The molecule has 212 valence electrons. The fourth-order valence-electron chi connectivity index (χ4n) is 4.99. The minimum Gasteiger partial charge on any atom is -0.494 e. The lowest BCUT2D eigenvalue weighted by molar-refractivity contribution is 0.0499. The molecule has 41 heavy (non-hydrogen) atoms. The summed E-state index contributed by atoms with van der Waals surface area (Å²) in [6.07, 6.45) is 4.70. The highest BCUT2D eigenvalue weighted by Crippen LogP contribution is 2.42. The van der Waals surface area contributed by atoms with Crippen LogP contribution in [0.2, 0.25) is 0 Å². The molecule has 0 aliphatic carbocycles. The molecule has 2 heterocycles. The van der Waals surface area contributed by atoms with E-state index in [2.05, 4.69) is 6.92 Å². The van der Waals surface area contributed by atoms with Crippen molar-refractivity contribution < 1.29 is 27.9 Å². The van der Waals surface area contributed by atoms with Crippen LogP contribution in [0.4, 0.5) is 10.1 Å². The maximum atomic E-state index is 14.1. The Kier molecular flexibility index (Phi) is 8.47. The van der Waals surface area contributed by atoms with E-state index in [1.54, 1.807) is 30.3 Å². The van der Waals surface area contributed by atoms with E-state index in [1.165, 1.54) is 17.0 Å². The van der Waals surface area contributed by atoms with Gasteiger partial charge in [-0.25, -0.2) is 9.18 Å². The molecule has 4 aromatic rings. The zero-order valence-electron chi connectivity index (χ0n) is 23.2. The van der Waals surface area contributed by atoms with E-state index >= 15 is 0 Å². The largest absolute Gasteiger partial charge is 0.494 e. The summed E-state index contributed by atoms with van der Waals surface area (Å²) < 4.78 is 31.3. The van der Waals surface area contributed by atoms with Crippen molar-refractivity contribution in [3.8, 4) is 5.75 Å². The van der Waals surface area contributed by atoms with Crippen molar-refractivity contribution in [1.82, 2.24) is 0 Å². The van der Waals surface area contributed by atoms with Gasteiger partial charge in [0.15, 0.2) is 5.43 Å². The maximum Gasteiger partial charge on any atom is 0.338 e. The number of hydrogen-bond donors (Lipinski definition) is 0. The number of nitrogens with zero attached hydrogens (tertiary/aromatic N) is 1. The lowest BCUT2D eigenvalue weighted by Crippen LogP contribution is -2.29. The average Bonchev–Trinajstić information content (AvgIpc) is 3.28. The second-order valence-corrected chi connectivity index (χ2v) is 10.1. The number of halogens is 1. The predicted molar refractivity (Wildman–Crippen MR) is 154 cm³/mol. The second-order valence-electron chi connectivity index (χ2n) is 10.1. The molecule has 1 atom stereocenters. The van der Waals surface area contributed by atoms with E-state index in [4.69, 9.17) is 13.9 Å². The number of esters is 1. The third-order valence-electron chi connectivity index (χ3n) is 7.13. The van der Waals surface area contributed by atoms with E-state index in [9.17, 15) is 18.8 Å². The van der Waals surface area contributed by atoms with Gasteiger partial charge < -0.3 is 13.9 Å². The van der Waals surface area contributed by atoms with Crippen LogP contribution in [-0.4, -0.2) is 25.1 Å². The predicted octanol–water partition coefficient (Wildman–Crippen LogP) is 7.21. The van der Waals surface area contributed by atoms with Crippen molar-refractivity contribution in [3.05, 3.63) is 105 Å². The molecule has 1 aromatic heterocycles. The van der Waals surface area contributed by atoms with E-state index in [0.29, 0.717) is 35.8 Å². The van der Waals surface area contributed by atoms with Crippen LogP contribution in [-0.2, 0) is 4.74 Å². The number of carbonyl (C=O) groups excluding carboxylic acids is 2. The Morgan fingerprint density at radius 2 is 1.71 bits per heavy atom. The van der Waals surface area contributed by atoms with Gasteiger partial charge in [0.2, 0.25) is 5.76 Å². The molecule has 0 N–H and O–H groups in total. The van der Waals surface area contributed by atoms with Crippen LogP contribution in [0.5, 0.6) is 5.75 Å². The summed E-state index contributed by atoms with van der Waals surface area (Å²) >= 11 is 0. The van der Waals surface area contributed by atoms with Gasteiger partial charge in [0.1, 0.15) is 17.1 Å². The highest BCUT2D eigenvalue weighted by Gasteiger charge is 2.43. The third-order valence-corrected chi connectivity index (χ3v) is 7.13. The summed E-state index contributed by atoms with van der Waals surface area (Å²) in [6, 6.07) is 16.5. The van der Waals surface area contributed by atoms with E-state index < -0.39 is 29.2 Å². The number of rotatable bonds is 11. The molecule has 0 radical (unpaired) electrons. The first-order valence-electron chi connectivity index (χ1n) is 14.0. The van der Waals surface area contributed by atoms with Gasteiger partial charge >= 0.3 is 5.97 Å². The van der Waals surface area contributed by atoms with E-state index in [1.807, 2.05) is 25.1 Å². The summed E-state index contributed by atoms with van der Waals surface area (Å²) in [7, 11) is 0. The van der Waals surface area contributed by atoms with Gasteiger partial charge in [-0.3, -0.25) is 14.5 Å². The molecule has 0 fully saturated rings. The second kappa shape index (κ2) is 12.4. The van der Waals surface area contributed by atoms with Gasteiger partial charge in [-0.05, 0) is 73.0 Å². The van der Waals surface area contributed by atoms with Crippen molar-refractivity contribution in [2.45, 2.75) is 52.0 Å². The first-order valence-corrected chi connectivity index (χ1v) is 14.0. The summed E-state index contributed by atoms with van der Waals surface area (Å²) in [5, 5.41) is 0.0561. The first-order chi connectivity index (χ1) is 19.9. The lowest BCUT2D eigenvalue weighted by Gasteiger charge is -2.25. The molecule has 7 nitrogen and oxygen atoms in total. The van der Waals surface area contributed by atoms with Crippen molar-refractivity contribution in [1.29, 1.82) is 0 Å². The monoisotopic (exact) mass is 557 g/mol. The molecular weight excluding hydrogens is 525 g/mol. The minimum atomic E-state index is -0.858. The SMILES string of the molecule is CCCCCOc1cccc(C2c3c(oc4ccc(F)cc4c3=O)C(=O)N2c2ccc(C(=O)OCCCC)cc2)c1. The summed E-state index contributed by atoms with van der Waals surface area (Å²) in [5.41, 5.74) is 1.22. The molecule has 0 bridgehead atoms. The number of carbonyl (C=O) groups is 2. The molecular formula is C33H32FNO6. The first kappa shape index (κ1) is 28.1. The maximum absolute atomic E-state index is 14.1. The number of ether oxygens (including phenoxy) is 2. The molecule has 1 aliphatic rings. The standard InChI is InChI=1S/C33H32FNO6/c1-3-5-7-18-39-25-10-8-9-22(19-25)29-28-30(36)26-20-23(34)13-16-27(26)41-31(28)32(37)35(29)24-14-11-21(12-15-24)33(38)40-17-6-4-2/h8-16,19-20,29H,3-7,17-18H2,1-2H3. The third kappa shape index (κ3) is 5.73. The molecule has 3 aromatic carbocycles. The quantitative estimate of drug-likeness (QED) is 0.143. The van der Waals surface area contributed by atoms with Gasteiger partial charge in [0.25, 0.3) is 5.91 Å². The Balaban J connectivity index is 1.58. The minimum absolute atomic E-state index is 0.0561. The Morgan fingerprint density at radius 3 is 2.46 bits per heavy atom. The molecule has 5 rings (SSSR count). The summed E-state index contributed by atoms with van der Waals surface area (Å²) in [6.45, 7) is 5.01. The zero-order valence-corrected chi connectivity index (χ0v) is 23.2.